The molecule has 5 heteroatoms. The van der Waals surface area contributed by atoms with Crippen LogP contribution in [0, 0.1) is 0 Å². The average Bonchev–Trinajstić information content (AvgIpc) is 2.24. The molecule has 64 valence electrons. The predicted molar refractivity (Wildman–Crippen MR) is 32.6 cm³/mol. The summed E-state index contributed by atoms with van der Waals surface area (Å²) in [6.45, 7) is 0.115. The van der Waals surface area contributed by atoms with E-state index < -0.39 is 30.7 Å². The minimum atomic E-state index is -1.03. The van der Waals surface area contributed by atoms with Crippen molar-refractivity contribution in [3.63, 3.8) is 0 Å². The zero-order chi connectivity index (χ0) is 8.01. The summed E-state index contributed by atoms with van der Waals surface area (Å²) in [6, 6.07) is 0. The lowest BCUT2D eigenvalue weighted by Crippen LogP contribution is -2.41. The van der Waals surface area contributed by atoms with Crippen molar-refractivity contribution in [3.05, 3.63) is 0 Å². The Labute approximate surface area is 63.2 Å². The molecule has 0 amide bonds. The van der Waals surface area contributed by atoms with Crippen molar-refractivity contribution in [3.8, 4) is 0 Å². The Balaban J connectivity index is 2.16. The van der Waals surface area contributed by atoms with Crippen LogP contribution in [0.2, 0.25) is 0 Å². The molecule has 2 unspecified atom stereocenters. The van der Waals surface area contributed by atoms with Gasteiger partial charge >= 0.3 is 0 Å². The number of hydrogen-bond donors (Lipinski definition) is 3. The molecule has 11 heavy (non-hydrogen) atoms. The molecule has 5 atom stereocenters. The Bertz CT molecular complexity index is 161. The first kappa shape index (κ1) is 7.45. The predicted octanol–water partition coefficient (Wildman–Crippen LogP) is -2.18. The van der Waals surface area contributed by atoms with Gasteiger partial charge in [-0.3, -0.25) is 0 Å². The van der Waals surface area contributed by atoms with Gasteiger partial charge in [-0.15, -0.1) is 0 Å². The lowest BCUT2D eigenvalue weighted by atomic mass is 10.1. The lowest BCUT2D eigenvalue weighted by Gasteiger charge is -2.25. The van der Waals surface area contributed by atoms with Crippen molar-refractivity contribution in [2.45, 2.75) is 30.7 Å². The van der Waals surface area contributed by atoms with Crippen LogP contribution in [0.5, 0.6) is 0 Å². The third-order valence-electron chi connectivity index (χ3n) is 2.07. The van der Waals surface area contributed by atoms with E-state index in [2.05, 4.69) is 0 Å². The minimum absolute atomic E-state index is 0.115. The van der Waals surface area contributed by atoms with Crippen molar-refractivity contribution in [2.75, 3.05) is 6.61 Å². The van der Waals surface area contributed by atoms with Gasteiger partial charge in [0.15, 0.2) is 6.29 Å². The van der Waals surface area contributed by atoms with Gasteiger partial charge in [-0.25, -0.2) is 0 Å². The quantitative estimate of drug-likeness (QED) is 0.377. The van der Waals surface area contributed by atoms with Gasteiger partial charge in [0, 0.05) is 0 Å². The Kier molecular flexibility index (Phi) is 1.62. The largest absolute Gasteiger partial charge is 0.388 e. The fourth-order valence-corrected chi connectivity index (χ4v) is 1.42. The van der Waals surface area contributed by atoms with E-state index in [1.807, 2.05) is 0 Å². The summed E-state index contributed by atoms with van der Waals surface area (Å²) in [5.41, 5.74) is 0. The van der Waals surface area contributed by atoms with Gasteiger partial charge < -0.3 is 24.8 Å². The standard InChI is InChI=1S/C6H10O5/c7-2-1-10-6-4(9)3(8)5(2)11-6/h2-9H,1H2/t2-,3-,4-,5?,6?/m1/s1. The summed E-state index contributed by atoms with van der Waals surface area (Å²) in [7, 11) is 0. The van der Waals surface area contributed by atoms with Crippen molar-refractivity contribution in [1.29, 1.82) is 0 Å². The molecular formula is C6H10O5. The smallest absolute Gasteiger partial charge is 0.186 e. The van der Waals surface area contributed by atoms with Crippen LogP contribution in [0.25, 0.3) is 0 Å². The third kappa shape index (κ3) is 0.969. The van der Waals surface area contributed by atoms with E-state index in [4.69, 9.17) is 14.6 Å². The summed E-state index contributed by atoms with van der Waals surface area (Å²) >= 11 is 0. The molecule has 2 bridgehead atoms. The molecule has 0 aromatic heterocycles. The van der Waals surface area contributed by atoms with Crippen molar-refractivity contribution in [2.24, 2.45) is 0 Å². The van der Waals surface area contributed by atoms with Gasteiger partial charge in [0.25, 0.3) is 0 Å². The van der Waals surface area contributed by atoms with Crippen molar-refractivity contribution in [1.82, 2.24) is 0 Å². The average molecular weight is 162 g/mol. The number of fused-ring (bicyclic) bond motifs is 2. The van der Waals surface area contributed by atoms with Gasteiger partial charge in [-0.1, -0.05) is 0 Å². The van der Waals surface area contributed by atoms with Gasteiger partial charge in [-0.2, -0.15) is 0 Å². The van der Waals surface area contributed by atoms with Gasteiger partial charge in [0.05, 0.1) is 6.61 Å². The third-order valence-corrected chi connectivity index (χ3v) is 2.07. The van der Waals surface area contributed by atoms with E-state index in [0.29, 0.717) is 0 Å². The minimum Gasteiger partial charge on any atom is -0.388 e. The highest BCUT2D eigenvalue weighted by molar-refractivity contribution is 4.93. The highest BCUT2D eigenvalue weighted by atomic mass is 16.7. The maximum atomic E-state index is 9.22. The lowest BCUT2D eigenvalue weighted by molar-refractivity contribution is -0.233. The van der Waals surface area contributed by atoms with Crippen LogP contribution < -0.4 is 0 Å². The zero-order valence-corrected chi connectivity index (χ0v) is 5.75. The molecule has 2 rings (SSSR count). The number of ether oxygens (including phenoxy) is 2. The van der Waals surface area contributed by atoms with Crippen LogP contribution in [0.4, 0.5) is 0 Å². The van der Waals surface area contributed by atoms with Crippen LogP contribution in [0.15, 0.2) is 0 Å². The molecule has 0 aromatic rings. The molecule has 2 saturated heterocycles. The van der Waals surface area contributed by atoms with Crippen LogP contribution in [-0.2, 0) is 9.47 Å². The normalized spacial score (nSPS) is 56.5. The van der Waals surface area contributed by atoms with Gasteiger partial charge in [-0.05, 0) is 0 Å². The summed E-state index contributed by atoms with van der Waals surface area (Å²) in [6.07, 6.45) is -4.35. The molecule has 2 fully saturated rings. The summed E-state index contributed by atoms with van der Waals surface area (Å²) in [4.78, 5) is 0. The number of rotatable bonds is 0. The number of aliphatic hydroxyl groups excluding tert-OH is 3. The Morgan fingerprint density at radius 1 is 1.09 bits per heavy atom. The maximum Gasteiger partial charge on any atom is 0.186 e. The molecule has 2 heterocycles. The molecular weight excluding hydrogens is 152 g/mol. The molecule has 3 N–H and O–H groups in total. The number of hydrogen-bond acceptors (Lipinski definition) is 5. The van der Waals surface area contributed by atoms with E-state index in [1.165, 1.54) is 0 Å². The molecule has 2 aliphatic rings. The molecule has 2 aliphatic heterocycles. The zero-order valence-electron chi connectivity index (χ0n) is 5.75. The monoisotopic (exact) mass is 162 g/mol. The van der Waals surface area contributed by atoms with Crippen molar-refractivity contribution < 1.29 is 24.8 Å². The molecule has 0 aromatic carbocycles. The summed E-state index contributed by atoms with van der Waals surface area (Å²) in [5.74, 6) is 0. The van der Waals surface area contributed by atoms with Crippen molar-refractivity contribution >= 4 is 0 Å². The molecule has 0 radical (unpaired) electrons. The Morgan fingerprint density at radius 2 is 1.82 bits per heavy atom. The highest BCUT2D eigenvalue weighted by Gasteiger charge is 2.50. The van der Waals surface area contributed by atoms with E-state index in [1.54, 1.807) is 0 Å². The first-order valence-electron chi connectivity index (χ1n) is 3.51. The molecule has 5 nitrogen and oxygen atoms in total. The van der Waals surface area contributed by atoms with E-state index >= 15 is 0 Å². The van der Waals surface area contributed by atoms with Gasteiger partial charge in [0.1, 0.15) is 24.4 Å². The first-order valence-corrected chi connectivity index (χ1v) is 3.51. The number of aliphatic hydroxyl groups is 3. The second-order valence-corrected chi connectivity index (χ2v) is 2.85. The Hall–Kier alpha value is -0.200. The van der Waals surface area contributed by atoms with E-state index in [0.717, 1.165) is 0 Å². The summed E-state index contributed by atoms with van der Waals surface area (Å²) in [5, 5.41) is 27.6. The fourth-order valence-electron chi connectivity index (χ4n) is 1.42. The first-order chi connectivity index (χ1) is 5.20. The highest BCUT2D eigenvalue weighted by Crippen LogP contribution is 2.28. The Morgan fingerprint density at radius 3 is 2.45 bits per heavy atom. The van der Waals surface area contributed by atoms with Crippen LogP contribution in [0.3, 0.4) is 0 Å². The molecule has 0 aliphatic carbocycles. The molecule has 0 saturated carbocycles. The summed E-state index contributed by atoms with van der Waals surface area (Å²) < 4.78 is 9.84. The van der Waals surface area contributed by atoms with Crippen LogP contribution in [-0.4, -0.2) is 52.6 Å². The second kappa shape index (κ2) is 2.40. The second-order valence-electron chi connectivity index (χ2n) is 2.85. The van der Waals surface area contributed by atoms with E-state index in [9.17, 15) is 10.2 Å². The topological polar surface area (TPSA) is 79.2 Å². The van der Waals surface area contributed by atoms with Crippen LogP contribution >= 0.6 is 0 Å². The van der Waals surface area contributed by atoms with E-state index in [-0.39, 0.29) is 6.61 Å². The van der Waals surface area contributed by atoms with Gasteiger partial charge in [0.2, 0.25) is 0 Å². The fraction of sp³-hybridized carbons (Fsp3) is 1.00. The SMILES string of the molecule is O[C@@H]1COC2OC1[C@H](O)[C@H]2O. The molecule has 0 spiro atoms. The van der Waals surface area contributed by atoms with Crippen LogP contribution in [0.1, 0.15) is 0 Å². The maximum absolute atomic E-state index is 9.22.